The van der Waals surface area contributed by atoms with E-state index < -0.39 is 6.09 Å². The molecule has 1 aliphatic rings. The summed E-state index contributed by atoms with van der Waals surface area (Å²) in [5, 5.41) is 14.0. The lowest BCUT2D eigenvalue weighted by molar-refractivity contribution is 0.115. The summed E-state index contributed by atoms with van der Waals surface area (Å²) < 4.78 is 9.69. The molecule has 1 fully saturated rings. The van der Waals surface area contributed by atoms with Gasteiger partial charge in [-0.3, -0.25) is 9.58 Å². The Kier molecular flexibility index (Phi) is 5.94. The summed E-state index contributed by atoms with van der Waals surface area (Å²) in [6, 6.07) is 13.9. The number of thiophene rings is 2. The molecule has 1 atom stereocenters. The second-order valence-electron chi connectivity index (χ2n) is 8.64. The highest BCUT2D eigenvalue weighted by atomic mass is 32.1. The number of carbonyl (C=O) groups excluding carboxylic acids is 1. The van der Waals surface area contributed by atoms with E-state index in [9.17, 15) is 9.90 Å². The van der Waals surface area contributed by atoms with E-state index >= 15 is 0 Å². The molecular weight excluding hydrogens is 466 g/mol. The average molecular weight is 492 g/mol. The summed E-state index contributed by atoms with van der Waals surface area (Å²) in [6.45, 7) is 2.07. The number of carbonyl (C=O) groups is 1. The molecular formula is C26H25N3O3S2. The summed E-state index contributed by atoms with van der Waals surface area (Å²) >= 11 is 3.40. The van der Waals surface area contributed by atoms with Crippen molar-refractivity contribution in [2.24, 2.45) is 7.05 Å². The van der Waals surface area contributed by atoms with Crippen LogP contribution in [0.25, 0.3) is 9.40 Å². The number of hydrogen-bond donors (Lipinski definition) is 1. The zero-order valence-corrected chi connectivity index (χ0v) is 20.9. The van der Waals surface area contributed by atoms with Crippen molar-refractivity contribution in [3.8, 4) is 11.8 Å². The number of aromatic nitrogens is 2. The average Bonchev–Trinajstić information content (AvgIpc) is 3.19. The number of benzene rings is 1. The van der Waals surface area contributed by atoms with Crippen LogP contribution in [-0.4, -0.2) is 34.6 Å². The van der Waals surface area contributed by atoms with Crippen LogP contribution in [0.5, 0.6) is 0 Å². The van der Waals surface area contributed by atoms with E-state index in [1.54, 1.807) is 47.6 Å². The lowest BCUT2D eigenvalue weighted by Gasteiger charge is -2.21. The van der Waals surface area contributed by atoms with Gasteiger partial charge in [0.2, 0.25) is 0 Å². The third-order valence-corrected chi connectivity index (χ3v) is 8.71. The second-order valence-corrected chi connectivity index (χ2v) is 10.8. The van der Waals surface area contributed by atoms with Crippen molar-refractivity contribution in [1.82, 2.24) is 9.78 Å². The fourth-order valence-corrected chi connectivity index (χ4v) is 6.43. The zero-order valence-electron chi connectivity index (χ0n) is 19.2. The zero-order chi connectivity index (χ0) is 23.9. The Balaban J connectivity index is 1.34. The molecule has 174 valence electrons. The highest BCUT2D eigenvalue weighted by Crippen LogP contribution is 2.52. The molecule has 1 N–H and O–H groups in total. The molecule has 0 saturated heterocycles. The number of amides is 1. The molecule has 6 nitrogen and oxygen atoms in total. The number of anilines is 1. The molecule has 0 spiro atoms. The van der Waals surface area contributed by atoms with Crippen LogP contribution in [-0.2, 0) is 17.2 Å². The van der Waals surface area contributed by atoms with Gasteiger partial charge in [0.25, 0.3) is 0 Å². The minimum absolute atomic E-state index is 0.00292. The molecule has 0 aliphatic heterocycles. The number of aryl methyl sites for hydroxylation is 1. The Labute approximate surface area is 206 Å². The topological polar surface area (TPSA) is 67.6 Å². The number of rotatable bonds is 5. The first-order valence-electron chi connectivity index (χ1n) is 11.1. The summed E-state index contributed by atoms with van der Waals surface area (Å²) in [6.07, 6.45) is 2.95. The van der Waals surface area contributed by atoms with Gasteiger partial charge < -0.3 is 9.84 Å². The van der Waals surface area contributed by atoms with Crippen molar-refractivity contribution >= 4 is 44.0 Å². The van der Waals surface area contributed by atoms with Gasteiger partial charge in [-0.1, -0.05) is 42.2 Å². The summed E-state index contributed by atoms with van der Waals surface area (Å²) in [5.74, 6) is 7.00. The maximum Gasteiger partial charge on any atom is 0.415 e. The number of aliphatic hydroxyl groups excluding tert-OH is 1. The Morgan fingerprint density at radius 1 is 1.24 bits per heavy atom. The highest BCUT2D eigenvalue weighted by molar-refractivity contribution is 7.28. The SMILES string of the molecule is CC(OC(=O)N(C)c1c(C#Cc2cc3sc(C4(CO)CC4)cc3s2)cnn1C)c1ccccc1. The van der Waals surface area contributed by atoms with E-state index in [0.29, 0.717) is 11.4 Å². The lowest BCUT2D eigenvalue weighted by atomic mass is 10.1. The Bertz CT molecular complexity index is 1370. The summed E-state index contributed by atoms with van der Waals surface area (Å²) in [7, 11) is 3.45. The third kappa shape index (κ3) is 4.23. The lowest BCUT2D eigenvalue weighted by Crippen LogP contribution is -2.30. The van der Waals surface area contributed by atoms with Crippen LogP contribution in [0.15, 0.2) is 48.7 Å². The van der Waals surface area contributed by atoms with E-state index in [0.717, 1.165) is 23.3 Å². The van der Waals surface area contributed by atoms with Gasteiger partial charge in [0, 0.05) is 33.8 Å². The van der Waals surface area contributed by atoms with Crippen LogP contribution >= 0.6 is 22.7 Å². The summed E-state index contributed by atoms with van der Waals surface area (Å²) in [4.78, 5) is 16.5. The molecule has 1 amide bonds. The first kappa shape index (κ1) is 22.7. The number of nitrogens with zero attached hydrogens (tertiary/aromatic N) is 3. The maximum atomic E-state index is 12.8. The van der Waals surface area contributed by atoms with Crippen molar-refractivity contribution in [2.45, 2.75) is 31.3 Å². The smallest absolute Gasteiger partial charge is 0.415 e. The number of ether oxygens (including phenoxy) is 1. The van der Waals surface area contributed by atoms with Crippen LogP contribution in [0.3, 0.4) is 0 Å². The molecule has 34 heavy (non-hydrogen) atoms. The Hall–Kier alpha value is -3.12. The molecule has 1 saturated carbocycles. The quantitative estimate of drug-likeness (QED) is 0.377. The van der Waals surface area contributed by atoms with E-state index in [1.807, 2.05) is 37.3 Å². The van der Waals surface area contributed by atoms with Crippen molar-refractivity contribution in [3.05, 3.63) is 69.5 Å². The minimum Gasteiger partial charge on any atom is -0.441 e. The third-order valence-electron chi connectivity index (χ3n) is 6.25. The highest BCUT2D eigenvalue weighted by Gasteiger charge is 2.45. The van der Waals surface area contributed by atoms with Gasteiger partial charge in [-0.05, 0) is 37.5 Å². The largest absolute Gasteiger partial charge is 0.441 e. The Morgan fingerprint density at radius 2 is 1.97 bits per heavy atom. The van der Waals surface area contributed by atoms with Crippen LogP contribution in [0.4, 0.5) is 10.6 Å². The molecule has 3 heterocycles. The van der Waals surface area contributed by atoms with Crippen LogP contribution in [0.2, 0.25) is 0 Å². The second kappa shape index (κ2) is 8.91. The molecule has 1 aliphatic carbocycles. The van der Waals surface area contributed by atoms with Gasteiger partial charge >= 0.3 is 6.09 Å². The standard InChI is InChI=1S/C26H25N3O3S2/c1-17(18-7-5-4-6-8-18)32-25(31)28(2)24-19(15-27-29(24)3)9-10-20-13-21-22(33-20)14-23(34-21)26(16-30)11-12-26/h4-8,13-15,17,30H,11-12,16H2,1-3H3. The first-order chi connectivity index (χ1) is 16.4. The maximum absolute atomic E-state index is 12.8. The number of aliphatic hydroxyl groups is 1. The van der Waals surface area contributed by atoms with Crippen molar-refractivity contribution < 1.29 is 14.6 Å². The van der Waals surface area contributed by atoms with Gasteiger partial charge in [0.15, 0.2) is 5.82 Å². The van der Waals surface area contributed by atoms with Gasteiger partial charge in [-0.2, -0.15) is 5.10 Å². The molecule has 1 unspecified atom stereocenters. The van der Waals surface area contributed by atoms with Crippen molar-refractivity contribution in [2.75, 3.05) is 18.6 Å². The molecule has 8 heteroatoms. The predicted octanol–water partition coefficient (Wildman–Crippen LogP) is 5.45. The van der Waals surface area contributed by atoms with Crippen LogP contribution in [0, 0.1) is 11.8 Å². The molecule has 4 aromatic rings. The van der Waals surface area contributed by atoms with Gasteiger partial charge in [0.1, 0.15) is 6.10 Å². The van der Waals surface area contributed by atoms with E-state index in [-0.39, 0.29) is 18.1 Å². The predicted molar refractivity (Wildman–Crippen MR) is 137 cm³/mol. The van der Waals surface area contributed by atoms with E-state index in [1.165, 1.54) is 19.2 Å². The number of fused-ring (bicyclic) bond motifs is 1. The van der Waals surface area contributed by atoms with Crippen molar-refractivity contribution in [1.29, 1.82) is 0 Å². The van der Waals surface area contributed by atoms with E-state index in [4.69, 9.17) is 4.74 Å². The molecule has 0 radical (unpaired) electrons. The van der Waals surface area contributed by atoms with Crippen LogP contribution < -0.4 is 4.90 Å². The van der Waals surface area contributed by atoms with E-state index in [2.05, 4.69) is 29.1 Å². The van der Waals surface area contributed by atoms with Gasteiger partial charge in [-0.15, -0.1) is 22.7 Å². The molecule has 0 bridgehead atoms. The molecule has 1 aromatic carbocycles. The monoisotopic (exact) mass is 491 g/mol. The normalized spacial score (nSPS) is 14.9. The fraction of sp³-hybridized carbons (Fsp3) is 0.308. The molecule has 3 aromatic heterocycles. The Morgan fingerprint density at radius 3 is 2.65 bits per heavy atom. The van der Waals surface area contributed by atoms with Crippen LogP contribution in [0.1, 0.15) is 46.8 Å². The first-order valence-corrected chi connectivity index (χ1v) is 12.7. The van der Waals surface area contributed by atoms with Crippen molar-refractivity contribution in [3.63, 3.8) is 0 Å². The van der Waals surface area contributed by atoms with Gasteiger partial charge in [0.05, 0.1) is 23.2 Å². The molecule has 5 rings (SSSR count). The number of hydrogen-bond acceptors (Lipinski definition) is 6. The fourth-order valence-electron chi connectivity index (χ4n) is 3.95. The van der Waals surface area contributed by atoms with Gasteiger partial charge in [-0.25, -0.2) is 4.79 Å². The minimum atomic E-state index is -0.468. The summed E-state index contributed by atoms with van der Waals surface area (Å²) in [5.41, 5.74) is 1.59.